The first-order chi connectivity index (χ1) is 13.5. The molecule has 1 atom stereocenters. The minimum Gasteiger partial charge on any atom is -0.494 e. The Morgan fingerprint density at radius 3 is 2.46 bits per heavy atom. The zero-order valence-electron chi connectivity index (χ0n) is 15.6. The summed E-state index contributed by atoms with van der Waals surface area (Å²) in [5.41, 5.74) is 9.63. The number of aromatic nitrogens is 4. The Labute approximate surface area is 160 Å². The molecule has 3 aromatic rings. The second kappa shape index (κ2) is 7.14. The molecule has 0 saturated carbocycles. The average molecular weight is 389 g/mol. The third-order valence-corrected chi connectivity index (χ3v) is 5.30. The van der Waals surface area contributed by atoms with E-state index in [1.807, 2.05) is 0 Å². The SMILES string of the molecule is COc1cc(OC)c(F)c([C@H]2CCCc3c(-c4[nH]ncc4N)n[nH]c3C2)c1F. The first kappa shape index (κ1) is 18.3. The highest BCUT2D eigenvalue weighted by Crippen LogP contribution is 2.41. The van der Waals surface area contributed by atoms with Crippen LogP contribution in [0.15, 0.2) is 12.3 Å². The minimum atomic E-state index is -0.688. The van der Waals surface area contributed by atoms with Crippen LogP contribution in [-0.2, 0) is 12.8 Å². The Morgan fingerprint density at radius 1 is 1.14 bits per heavy atom. The molecular formula is C19H21F2N5O2. The van der Waals surface area contributed by atoms with Gasteiger partial charge in [0, 0.05) is 22.9 Å². The average Bonchev–Trinajstić information content (AvgIpc) is 3.21. The van der Waals surface area contributed by atoms with Crippen LogP contribution in [0.5, 0.6) is 11.5 Å². The number of ether oxygens (including phenoxy) is 2. The lowest BCUT2D eigenvalue weighted by Crippen LogP contribution is -2.10. The van der Waals surface area contributed by atoms with Crippen LogP contribution >= 0.6 is 0 Å². The lowest BCUT2D eigenvalue weighted by molar-refractivity contribution is 0.348. The van der Waals surface area contributed by atoms with Crippen molar-refractivity contribution in [3.63, 3.8) is 0 Å². The summed E-state index contributed by atoms with van der Waals surface area (Å²) >= 11 is 0. The predicted molar refractivity (Wildman–Crippen MR) is 99.4 cm³/mol. The summed E-state index contributed by atoms with van der Waals surface area (Å²) in [6.45, 7) is 0. The van der Waals surface area contributed by atoms with E-state index in [2.05, 4.69) is 20.4 Å². The second-order valence-electron chi connectivity index (χ2n) is 6.85. The molecule has 0 unspecified atom stereocenters. The van der Waals surface area contributed by atoms with Crippen LogP contribution in [0.3, 0.4) is 0 Å². The molecule has 0 aliphatic heterocycles. The van der Waals surface area contributed by atoms with Crippen molar-refractivity contribution in [3.05, 3.63) is 40.7 Å². The van der Waals surface area contributed by atoms with Gasteiger partial charge in [-0.1, -0.05) is 0 Å². The van der Waals surface area contributed by atoms with Gasteiger partial charge in [-0.15, -0.1) is 0 Å². The smallest absolute Gasteiger partial charge is 0.171 e. The number of hydrogen-bond donors (Lipinski definition) is 3. The van der Waals surface area contributed by atoms with Gasteiger partial charge in [0.1, 0.15) is 11.4 Å². The second-order valence-corrected chi connectivity index (χ2v) is 6.85. The van der Waals surface area contributed by atoms with Crippen molar-refractivity contribution in [1.29, 1.82) is 0 Å². The van der Waals surface area contributed by atoms with Crippen molar-refractivity contribution >= 4 is 5.69 Å². The maximum Gasteiger partial charge on any atom is 0.171 e. The number of halogens is 2. The number of nitrogen functional groups attached to an aromatic ring is 1. The zero-order chi connectivity index (χ0) is 19.8. The van der Waals surface area contributed by atoms with Crippen LogP contribution in [0.2, 0.25) is 0 Å². The third kappa shape index (κ3) is 2.87. The Hall–Kier alpha value is -3.10. The minimum absolute atomic E-state index is 0.0127. The molecule has 0 radical (unpaired) electrons. The van der Waals surface area contributed by atoms with E-state index in [1.54, 1.807) is 0 Å². The van der Waals surface area contributed by atoms with Gasteiger partial charge in [-0.05, 0) is 31.6 Å². The van der Waals surface area contributed by atoms with Crippen molar-refractivity contribution in [2.75, 3.05) is 20.0 Å². The molecule has 1 aromatic carbocycles. The van der Waals surface area contributed by atoms with E-state index in [-0.39, 0.29) is 23.0 Å². The number of H-pyrrole nitrogens is 2. The normalized spacial score (nSPS) is 16.5. The number of rotatable bonds is 4. The van der Waals surface area contributed by atoms with Gasteiger partial charge in [-0.25, -0.2) is 8.78 Å². The Morgan fingerprint density at radius 2 is 1.86 bits per heavy atom. The van der Waals surface area contributed by atoms with Gasteiger partial charge in [0.2, 0.25) is 0 Å². The van der Waals surface area contributed by atoms with E-state index in [1.165, 1.54) is 26.5 Å². The highest BCUT2D eigenvalue weighted by Gasteiger charge is 2.30. The van der Waals surface area contributed by atoms with E-state index in [0.29, 0.717) is 29.9 Å². The van der Waals surface area contributed by atoms with Crippen molar-refractivity contribution < 1.29 is 18.3 Å². The Balaban J connectivity index is 1.76. The van der Waals surface area contributed by atoms with Crippen molar-refractivity contribution in [3.8, 4) is 22.9 Å². The summed E-state index contributed by atoms with van der Waals surface area (Å²) in [6, 6.07) is 1.23. The van der Waals surface area contributed by atoms with Crippen LogP contribution in [0, 0.1) is 11.6 Å². The fourth-order valence-corrected chi connectivity index (χ4v) is 3.91. The van der Waals surface area contributed by atoms with Crippen LogP contribution < -0.4 is 15.2 Å². The van der Waals surface area contributed by atoms with Crippen LogP contribution in [0.4, 0.5) is 14.5 Å². The summed E-state index contributed by atoms with van der Waals surface area (Å²) in [4.78, 5) is 0. The molecule has 0 fully saturated rings. The van der Waals surface area contributed by atoms with Gasteiger partial charge in [0.15, 0.2) is 23.1 Å². The van der Waals surface area contributed by atoms with Gasteiger partial charge in [-0.3, -0.25) is 10.2 Å². The summed E-state index contributed by atoms with van der Waals surface area (Å²) in [5, 5.41) is 14.2. The molecule has 7 nitrogen and oxygen atoms in total. The number of nitrogens with one attached hydrogen (secondary N) is 2. The molecule has 148 valence electrons. The number of nitrogens with two attached hydrogens (primary N) is 1. The molecule has 0 spiro atoms. The van der Waals surface area contributed by atoms with Crippen molar-refractivity contribution in [1.82, 2.24) is 20.4 Å². The van der Waals surface area contributed by atoms with Gasteiger partial charge in [-0.2, -0.15) is 10.2 Å². The topological polar surface area (TPSA) is 102 Å². The zero-order valence-corrected chi connectivity index (χ0v) is 15.6. The summed E-state index contributed by atoms with van der Waals surface area (Å²) < 4.78 is 40.0. The lowest BCUT2D eigenvalue weighted by Gasteiger charge is -2.19. The highest BCUT2D eigenvalue weighted by molar-refractivity contribution is 5.72. The standard InChI is InChI=1S/C19H21F2N5O2/c1-27-13-7-14(28-2)17(21)15(16(13)20)9-4-3-5-10-12(6-9)24-26-18(10)19-11(22)8-23-25-19/h7-9H,3-6,22H2,1-2H3,(H,23,25)(H,24,26)/t9-/m0/s1. The number of fused-ring (bicyclic) bond motifs is 1. The fraction of sp³-hybridized carbons (Fsp3) is 0.368. The van der Waals surface area contributed by atoms with E-state index in [9.17, 15) is 8.78 Å². The molecule has 1 aliphatic rings. The first-order valence-corrected chi connectivity index (χ1v) is 9.00. The molecule has 2 heterocycles. The number of anilines is 1. The highest BCUT2D eigenvalue weighted by atomic mass is 19.1. The van der Waals surface area contributed by atoms with Gasteiger partial charge in [0.05, 0.1) is 26.1 Å². The number of nitrogens with zero attached hydrogens (tertiary/aromatic N) is 2. The maximum atomic E-state index is 14.9. The molecule has 28 heavy (non-hydrogen) atoms. The quantitative estimate of drug-likeness (QED) is 0.594. The van der Waals surface area contributed by atoms with Crippen LogP contribution in [0.1, 0.15) is 35.6 Å². The van der Waals surface area contributed by atoms with E-state index < -0.39 is 11.6 Å². The monoisotopic (exact) mass is 389 g/mol. The van der Waals surface area contributed by atoms with Crippen LogP contribution in [0.25, 0.3) is 11.4 Å². The van der Waals surface area contributed by atoms with E-state index in [4.69, 9.17) is 15.2 Å². The summed E-state index contributed by atoms with van der Waals surface area (Å²) in [5.74, 6) is -1.82. The Kier molecular flexibility index (Phi) is 4.66. The molecule has 2 aromatic heterocycles. The molecule has 1 aliphatic carbocycles. The molecule has 4 N–H and O–H groups in total. The molecule has 9 heteroatoms. The summed E-state index contributed by atoms with van der Waals surface area (Å²) in [7, 11) is 2.70. The first-order valence-electron chi connectivity index (χ1n) is 9.00. The van der Waals surface area contributed by atoms with Crippen molar-refractivity contribution in [2.24, 2.45) is 0 Å². The third-order valence-electron chi connectivity index (χ3n) is 5.30. The summed E-state index contributed by atoms with van der Waals surface area (Å²) in [6.07, 6.45) is 4.03. The van der Waals surface area contributed by atoms with E-state index >= 15 is 0 Å². The number of methoxy groups -OCH3 is 2. The Bertz CT molecular complexity index is 986. The lowest BCUT2D eigenvalue weighted by atomic mass is 9.90. The van der Waals surface area contributed by atoms with Gasteiger partial charge in [0.25, 0.3) is 0 Å². The maximum absolute atomic E-state index is 14.9. The molecular weight excluding hydrogens is 368 g/mol. The largest absolute Gasteiger partial charge is 0.494 e. The van der Waals surface area contributed by atoms with Gasteiger partial charge < -0.3 is 15.2 Å². The van der Waals surface area contributed by atoms with Gasteiger partial charge >= 0.3 is 0 Å². The predicted octanol–water partition coefficient (Wildman–Crippen LogP) is 3.34. The number of aromatic amines is 2. The number of benzene rings is 1. The van der Waals surface area contributed by atoms with E-state index in [0.717, 1.165) is 24.1 Å². The van der Waals surface area contributed by atoms with Crippen LogP contribution in [-0.4, -0.2) is 34.6 Å². The molecule has 0 bridgehead atoms. The molecule has 0 amide bonds. The van der Waals surface area contributed by atoms with Crippen molar-refractivity contribution in [2.45, 2.75) is 31.6 Å². The molecule has 4 rings (SSSR count). The molecule has 0 saturated heterocycles. The number of hydrogen-bond acceptors (Lipinski definition) is 5. The fourth-order valence-electron chi connectivity index (χ4n) is 3.91.